The summed E-state index contributed by atoms with van der Waals surface area (Å²) in [5, 5.41) is 4.14. The van der Waals surface area contributed by atoms with Crippen LogP contribution in [0.15, 0.2) is 104 Å². The number of carbonyl (C=O) groups is 1. The standard InChI is InChI=1S/C18H29N.C12H15N.C9H18N2O.C9H13N.C8H12N2.C8H16/c1-18(2,3)12-9-16-10-13-19(14-11-16)15-17-7-5-4-6-8-17;1-12(2,3)10-5-4-6-11-9(10)7-8-13-11;1-9(2,3)4-6-11-7-5-10-8(11)12;1-9(2,3)8-4-6-10-7-5-8;1-8(2,3)7-9-5-4-6-10-7;1-8(2,3)6-7-4-5-7/h4-8,16H,9-15H2,1-3H3;4-8,13H,1-3H3;4-7H2,1-3H3,(H,10,12);4-7H,1-3H3;4-6H,1-3H3;7H,4-6H2,1-3H3. The quantitative estimate of drug-likeness (QED) is 0.170. The van der Waals surface area contributed by atoms with Gasteiger partial charge in [0.15, 0.2) is 0 Å². The molecule has 5 aromatic rings. The van der Waals surface area contributed by atoms with Crippen LogP contribution < -0.4 is 5.32 Å². The topological polar surface area (TPSA) is 90.0 Å². The SMILES string of the molecule is CC(C)(C)CC1CC1.CC(C)(C)CCC1CCN(Cc2ccccc2)CC1.CC(C)(C)CCN1CCNC1=O.CC(C)(C)c1cccc2[nH]ccc12.CC(C)(C)c1ccncc1.CC(C)(C)c1ncccn1. The number of nitrogens with one attached hydrogen (secondary N) is 2. The number of rotatable bonds is 7. The Labute approximate surface area is 440 Å². The summed E-state index contributed by atoms with van der Waals surface area (Å²) in [5.74, 6) is 2.95. The Bertz CT molecular complexity index is 2170. The molecule has 3 fully saturated rings. The summed E-state index contributed by atoms with van der Waals surface area (Å²) in [5.41, 5.74) is 7.38. The molecule has 0 spiro atoms. The maximum Gasteiger partial charge on any atom is 0.317 e. The average molecular weight is 987 g/mol. The van der Waals surface area contributed by atoms with Crippen LogP contribution in [0.4, 0.5) is 4.79 Å². The molecule has 2 aliphatic heterocycles. The van der Waals surface area contributed by atoms with Gasteiger partial charge in [-0.05, 0) is 138 Å². The Hall–Kier alpha value is -4.56. The number of likely N-dealkylation sites (tertiary alicyclic amines) is 1. The minimum absolute atomic E-state index is 0.0707. The summed E-state index contributed by atoms with van der Waals surface area (Å²) < 4.78 is 0. The first kappa shape index (κ1) is 61.7. The normalized spacial score (nSPS) is 15.8. The van der Waals surface area contributed by atoms with Crippen LogP contribution in [0.5, 0.6) is 0 Å². The number of hydrogen-bond donors (Lipinski definition) is 2. The van der Waals surface area contributed by atoms with Crippen molar-refractivity contribution in [2.24, 2.45) is 28.1 Å². The highest BCUT2D eigenvalue weighted by Gasteiger charge is 2.27. The second-order valence-electron chi connectivity index (χ2n) is 27.3. The van der Waals surface area contributed by atoms with Crippen molar-refractivity contribution in [2.75, 3.05) is 32.7 Å². The summed E-state index contributed by atoms with van der Waals surface area (Å²) >= 11 is 0. The maximum atomic E-state index is 11.1. The molecule has 2 amide bonds. The van der Waals surface area contributed by atoms with E-state index >= 15 is 0 Å². The van der Waals surface area contributed by atoms with Crippen molar-refractivity contribution >= 4 is 16.9 Å². The Kier molecular flexibility index (Phi) is 24.2. The largest absolute Gasteiger partial charge is 0.361 e. The Balaban J connectivity index is 0.000000234. The number of nitrogens with zero attached hydrogens (tertiary/aromatic N) is 5. The zero-order chi connectivity index (χ0) is 53.8. The van der Waals surface area contributed by atoms with Gasteiger partial charge in [-0.15, -0.1) is 0 Å². The number of aromatic amines is 1. The van der Waals surface area contributed by atoms with Crippen LogP contribution in [-0.2, 0) is 22.8 Å². The summed E-state index contributed by atoms with van der Waals surface area (Å²) in [7, 11) is 0. The molecule has 3 aromatic heterocycles. The van der Waals surface area contributed by atoms with Gasteiger partial charge in [-0.25, -0.2) is 14.8 Å². The summed E-state index contributed by atoms with van der Waals surface area (Å²) in [6.07, 6.45) is 20.3. The molecule has 0 bridgehead atoms. The van der Waals surface area contributed by atoms with Gasteiger partial charge in [0.1, 0.15) is 5.82 Å². The van der Waals surface area contributed by atoms with Crippen LogP contribution in [-0.4, -0.2) is 68.5 Å². The number of urea groups is 1. The Morgan fingerprint density at radius 2 is 1.17 bits per heavy atom. The molecular formula is C64H103N7O. The van der Waals surface area contributed by atoms with Gasteiger partial charge in [-0.3, -0.25) is 9.88 Å². The van der Waals surface area contributed by atoms with E-state index in [0.29, 0.717) is 16.2 Å². The molecule has 5 heterocycles. The number of benzene rings is 2. The molecule has 8 heteroatoms. The number of H-pyrrole nitrogens is 1. The molecule has 400 valence electrons. The van der Waals surface area contributed by atoms with E-state index < -0.39 is 0 Å². The van der Waals surface area contributed by atoms with Crippen molar-refractivity contribution in [3.63, 3.8) is 0 Å². The van der Waals surface area contributed by atoms with Gasteiger partial charge in [-0.2, -0.15) is 0 Å². The van der Waals surface area contributed by atoms with Crippen LogP contribution in [0.25, 0.3) is 10.9 Å². The van der Waals surface area contributed by atoms with E-state index in [1.807, 2.05) is 29.6 Å². The van der Waals surface area contributed by atoms with Gasteiger partial charge in [0.05, 0.1) is 0 Å². The summed E-state index contributed by atoms with van der Waals surface area (Å²) in [6.45, 7) is 46.5. The van der Waals surface area contributed by atoms with Gasteiger partial charge in [-0.1, -0.05) is 180 Å². The van der Waals surface area contributed by atoms with E-state index in [1.165, 1.54) is 85.6 Å². The maximum absolute atomic E-state index is 11.1. The number of hydrogen-bond acceptors (Lipinski definition) is 5. The van der Waals surface area contributed by atoms with Gasteiger partial charge in [0.2, 0.25) is 0 Å². The Morgan fingerprint density at radius 3 is 1.61 bits per heavy atom. The molecule has 0 radical (unpaired) electrons. The zero-order valence-electron chi connectivity index (χ0n) is 49.0. The number of pyridine rings is 1. The van der Waals surface area contributed by atoms with Gasteiger partial charge in [0, 0.05) is 73.5 Å². The predicted octanol–water partition coefficient (Wildman–Crippen LogP) is 16.6. The van der Waals surface area contributed by atoms with Crippen molar-refractivity contribution in [3.05, 3.63) is 126 Å². The fourth-order valence-corrected chi connectivity index (χ4v) is 8.57. The van der Waals surface area contributed by atoms with Gasteiger partial charge in [0.25, 0.3) is 0 Å². The van der Waals surface area contributed by atoms with Crippen molar-refractivity contribution in [1.29, 1.82) is 0 Å². The molecule has 0 atom stereocenters. The lowest BCUT2D eigenvalue weighted by Crippen LogP contribution is -2.33. The van der Waals surface area contributed by atoms with Crippen molar-refractivity contribution in [1.82, 2.24) is 35.1 Å². The third-order valence-electron chi connectivity index (χ3n) is 13.1. The predicted molar refractivity (Wildman–Crippen MR) is 310 cm³/mol. The Morgan fingerprint density at radius 1 is 0.569 bits per heavy atom. The van der Waals surface area contributed by atoms with E-state index in [0.717, 1.165) is 50.3 Å². The zero-order valence-corrected chi connectivity index (χ0v) is 49.0. The number of amides is 2. The highest BCUT2D eigenvalue weighted by atomic mass is 16.2. The monoisotopic (exact) mass is 986 g/mol. The lowest BCUT2D eigenvalue weighted by molar-refractivity contribution is 0.162. The third-order valence-corrected chi connectivity index (χ3v) is 13.1. The van der Waals surface area contributed by atoms with E-state index in [9.17, 15) is 4.79 Å². The molecule has 1 saturated carbocycles. The highest BCUT2D eigenvalue weighted by molar-refractivity contribution is 5.83. The minimum atomic E-state index is 0.0707. The molecule has 2 saturated heterocycles. The van der Waals surface area contributed by atoms with Gasteiger partial charge < -0.3 is 15.2 Å². The van der Waals surface area contributed by atoms with Crippen LogP contribution >= 0.6 is 0 Å². The number of fused-ring (bicyclic) bond motifs is 1. The van der Waals surface area contributed by atoms with E-state index in [4.69, 9.17) is 0 Å². The molecule has 0 unspecified atom stereocenters. The third kappa shape index (κ3) is 26.4. The van der Waals surface area contributed by atoms with Crippen LogP contribution in [0.1, 0.15) is 199 Å². The van der Waals surface area contributed by atoms with Crippen LogP contribution in [0, 0.1) is 28.1 Å². The lowest BCUT2D eigenvalue weighted by atomic mass is 9.83. The fraction of sp³-hybridized carbons (Fsp3) is 0.625. The summed E-state index contributed by atoms with van der Waals surface area (Å²) in [6, 6.07) is 25.5. The number of carbonyl (C=O) groups excluding carboxylic acids is 1. The van der Waals surface area contributed by atoms with Crippen LogP contribution in [0.3, 0.4) is 0 Å². The first-order chi connectivity index (χ1) is 33.4. The molecule has 2 N–H and O–H groups in total. The molecule has 8 nitrogen and oxygen atoms in total. The van der Waals surface area contributed by atoms with E-state index in [-0.39, 0.29) is 22.3 Å². The van der Waals surface area contributed by atoms with Gasteiger partial charge >= 0.3 is 6.03 Å². The molecule has 1 aliphatic carbocycles. The van der Waals surface area contributed by atoms with Crippen molar-refractivity contribution < 1.29 is 4.79 Å². The molecule has 2 aromatic carbocycles. The van der Waals surface area contributed by atoms with E-state index in [2.05, 4.69) is 222 Å². The first-order valence-electron chi connectivity index (χ1n) is 27.4. The van der Waals surface area contributed by atoms with Crippen molar-refractivity contribution in [2.45, 2.75) is 199 Å². The molecule has 72 heavy (non-hydrogen) atoms. The molecular weight excluding hydrogens is 883 g/mol. The lowest BCUT2D eigenvalue weighted by Gasteiger charge is -2.33. The molecule has 3 aliphatic rings. The second-order valence-corrected chi connectivity index (χ2v) is 27.3. The van der Waals surface area contributed by atoms with Crippen molar-refractivity contribution in [3.8, 4) is 0 Å². The highest BCUT2D eigenvalue weighted by Crippen LogP contribution is 2.39. The average Bonchev–Trinajstić information content (AvgIpc) is 3.77. The van der Waals surface area contributed by atoms with E-state index in [1.54, 1.807) is 12.4 Å². The fourth-order valence-electron chi connectivity index (χ4n) is 8.57. The van der Waals surface area contributed by atoms with Crippen LogP contribution in [0.2, 0.25) is 0 Å². The second kappa shape index (κ2) is 28.2. The first-order valence-corrected chi connectivity index (χ1v) is 27.4. The number of aromatic nitrogens is 4. The summed E-state index contributed by atoms with van der Waals surface area (Å²) in [4.78, 5) is 31.1. The smallest absolute Gasteiger partial charge is 0.317 e. The number of piperidine rings is 1. The molecule has 8 rings (SSSR count). The minimum Gasteiger partial charge on any atom is -0.361 e.